The summed E-state index contributed by atoms with van der Waals surface area (Å²) in [6, 6.07) is 2.17. The normalized spacial score (nSPS) is 36.3. The molecule has 0 aliphatic heterocycles. The van der Waals surface area contributed by atoms with Gasteiger partial charge in [0.25, 0.3) is 0 Å². The zero-order chi connectivity index (χ0) is 11.8. The van der Waals surface area contributed by atoms with E-state index in [9.17, 15) is 0 Å². The third kappa shape index (κ3) is 2.56. The van der Waals surface area contributed by atoms with Crippen LogP contribution in [0.4, 0.5) is 0 Å². The van der Waals surface area contributed by atoms with Gasteiger partial charge in [0.05, 0.1) is 6.07 Å². The minimum absolute atomic E-state index is 0.678. The van der Waals surface area contributed by atoms with Crippen molar-refractivity contribution in [2.45, 2.75) is 38.1 Å². The zero-order valence-corrected chi connectivity index (χ0v) is 10.4. The Balaban J connectivity index is 1.80. The van der Waals surface area contributed by atoms with Gasteiger partial charge < -0.3 is 10.6 Å². The van der Waals surface area contributed by atoms with Gasteiger partial charge in [0.1, 0.15) is 5.54 Å². The number of fused-ring (bicyclic) bond motifs is 2. The maximum atomic E-state index is 8.91. The number of nitrogens with two attached hydrogens (primary N) is 1. The fourth-order valence-corrected chi connectivity index (χ4v) is 3.66. The van der Waals surface area contributed by atoms with Crippen LogP contribution in [0.3, 0.4) is 0 Å². The van der Waals surface area contributed by atoms with Gasteiger partial charge in [0.2, 0.25) is 0 Å². The molecule has 16 heavy (non-hydrogen) atoms. The second-order valence-electron chi connectivity index (χ2n) is 6.16. The van der Waals surface area contributed by atoms with E-state index in [0.29, 0.717) is 6.54 Å². The molecule has 0 aromatic carbocycles. The van der Waals surface area contributed by atoms with E-state index in [-0.39, 0.29) is 0 Å². The molecule has 3 heteroatoms. The molecule has 2 N–H and O–H groups in total. The van der Waals surface area contributed by atoms with Gasteiger partial charge in [0.15, 0.2) is 0 Å². The third-order valence-corrected chi connectivity index (χ3v) is 4.28. The maximum Gasteiger partial charge on any atom is 0.114 e. The highest BCUT2D eigenvalue weighted by atomic mass is 15.1. The SMILES string of the molecule is CN(CC1CC2CCC1C2)CC(C)(N)C#N. The second kappa shape index (κ2) is 4.35. The smallest absolute Gasteiger partial charge is 0.114 e. The molecule has 2 fully saturated rings. The maximum absolute atomic E-state index is 8.91. The highest BCUT2D eigenvalue weighted by molar-refractivity contribution is 5.03. The number of rotatable bonds is 4. The van der Waals surface area contributed by atoms with Crippen LogP contribution >= 0.6 is 0 Å². The van der Waals surface area contributed by atoms with Crippen LogP contribution in [-0.2, 0) is 0 Å². The topological polar surface area (TPSA) is 53.0 Å². The van der Waals surface area contributed by atoms with E-state index in [4.69, 9.17) is 11.0 Å². The van der Waals surface area contributed by atoms with Crippen molar-refractivity contribution in [3.05, 3.63) is 0 Å². The van der Waals surface area contributed by atoms with Crippen molar-refractivity contribution >= 4 is 0 Å². The summed E-state index contributed by atoms with van der Waals surface area (Å²) in [4.78, 5) is 2.24. The summed E-state index contributed by atoms with van der Waals surface area (Å²) in [7, 11) is 2.09. The lowest BCUT2D eigenvalue weighted by Gasteiger charge is -2.30. The first-order valence-corrected chi connectivity index (χ1v) is 6.39. The quantitative estimate of drug-likeness (QED) is 0.784. The molecule has 4 atom stereocenters. The number of hydrogen-bond donors (Lipinski definition) is 1. The molecule has 0 amide bonds. The lowest BCUT2D eigenvalue weighted by atomic mass is 9.88. The van der Waals surface area contributed by atoms with Gasteiger partial charge in [-0.2, -0.15) is 5.26 Å². The van der Waals surface area contributed by atoms with Crippen molar-refractivity contribution in [3.63, 3.8) is 0 Å². The summed E-state index contributed by atoms with van der Waals surface area (Å²) in [5, 5.41) is 8.91. The van der Waals surface area contributed by atoms with Crippen molar-refractivity contribution in [2.24, 2.45) is 23.5 Å². The molecule has 0 saturated heterocycles. The Bertz CT molecular complexity index is 292. The molecule has 3 nitrogen and oxygen atoms in total. The zero-order valence-electron chi connectivity index (χ0n) is 10.4. The molecule has 0 aromatic heterocycles. The van der Waals surface area contributed by atoms with E-state index in [1.165, 1.54) is 25.7 Å². The van der Waals surface area contributed by atoms with Gasteiger partial charge in [-0.05, 0) is 51.0 Å². The second-order valence-corrected chi connectivity index (χ2v) is 6.16. The predicted octanol–water partition coefficient (Wildman–Crippen LogP) is 1.60. The molecule has 0 heterocycles. The van der Waals surface area contributed by atoms with Crippen LogP contribution in [0.2, 0.25) is 0 Å². The molecule has 0 spiro atoms. The molecular weight excluding hydrogens is 198 g/mol. The minimum atomic E-state index is -0.702. The average Bonchev–Trinajstić information content (AvgIpc) is 2.78. The van der Waals surface area contributed by atoms with Crippen molar-refractivity contribution in [3.8, 4) is 6.07 Å². The lowest BCUT2D eigenvalue weighted by Crippen LogP contribution is -2.46. The molecule has 0 radical (unpaired) electrons. The average molecular weight is 221 g/mol. The van der Waals surface area contributed by atoms with Crippen LogP contribution in [0, 0.1) is 29.1 Å². The van der Waals surface area contributed by atoms with Gasteiger partial charge in [0, 0.05) is 13.1 Å². The highest BCUT2D eigenvalue weighted by Crippen LogP contribution is 2.48. The predicted molar refractivity (Wildman–Crippen MR) is 64.6 cm³/mol. The minimum Gasteiger partial charge on any atom is -0.313 e. The number of nitriles is 1. The standard InChI is InChI=1S/C13H23N3/c1-13(15,8-14)9-16(2)7-12-6-10-3-4-11(12)5-10/h10-12H,3-7,9,15H2,1-2H3. The van der Waals surface area contributed by atoms with E-state index < -0.39 is 5.54 Å². The van der Waals surface area contributed by atoms with Crippen LogP contribution < -0.4 is 5.73 Å². The van der Waals surface area contributed by atoms with Gasteiger partial charge >= 0.3 is 0 Å². The van der Waals surface area contributed by atoms with E-state index >= 15 is 0 Å². The van der Waals surface area contributed by atoms with E-state index in [1.807, 2.05) is 6.92 Å². The van der Waals surface area contributed by atoms with E-state index in [0.717, 1.165) is 24.3 Å². The first kappa shape index (κ1) is 11.9. The molecule has 2 rings (SSSR count). The van der Waals surface area contributed by atoms with Crippen molar-refractivity contribution < 1.29 is 0 Å². The fourth-order valence-electron chi connectivity index (χ4n) is 3.66. The first-order chi connectivity index (χ1) is 7.50. The van der Waals surface area contributed by atoms with Crippen LogP contribution in [0.25, 0.3) is 0 Å². The van der Waals surface area contributed by atoms with Crippen molar-refractivity contribution in [2.75, 3.05) is 20.1 Å². The molecule has 2 bridgehead atoms. The summed E-state index contributed by atoms with van der Waals surface area (Å²) in [6.07, 6.45) is 5.75. The van der Waals surface area contributed by atoms with Crippen LogP contribution in [-0.4, -0.2) is 30.6 Å². The Morgan fingerprint density at radius 1 is 1.44 bits per heavy atom. The summed E-state index contributed by atoms with van der Waals surface area (Å²) in [6.45, 7) is 3.61. The Hall–Kier alpha value is -0.590. The molecule has 2 aliphatic rings. The first-order valence-electron chi connectivity index (χ1n) is 6.39. The Labute approximate surface area is 98.6 Å². The molecule has 0 aromatic rings. The molecule has 4 unspecified atom stereocenters. The van der Waals surface area contributed by atoms with Gasteiger partial charge in [-0.1, -0.05) is 6.42 Å². The van der Waals surface area contributed by atoms with Gasteiger partial charge in [-0.15, -0.1) is 0 Å². The molecule has 2 saturated carbocycles. The van der Waals surface area contributed by atoms with E-state index in [2.05, 4.69) is 18.0 Å². The number of likely N-dealkylation sites (N-methyl/N-ethyl adjacent to an activating group) is 1. The van der Waals surface area contributed by atoms with Crippen LogP contribution in [0.15, 0.2) is 0 Å². The van der Waals surface area contributed by atoms with Crippen molar-refractivity contribution in [1.82, 2.24) is 4.90 Å². The molecular formula is C13H23N3. The summed E-state index contributed by atoms with van der Waals surface area (Å²) in [5.74, 6) is 2.82. The van der Waals surface area contributed by atoms with Crippen molar-refractivity contribution in [1.29, 1.82) is 5.26 Å². The Morgan fingerprint density at radius 2 is 2.19 bits per heavy atom. The van der Waals surface area contributed by atoms with Crippen LogP contribution in [0.5, 0.6) is 0 Å². The third-order valence-electron chi connectivity index (χ3n) is 4.28. The monoisotopic (exact) mass is 221 g/mol. The number of nitrogens with zero attached hydrogens (tertiary/aromatic N) is 2. The van der Waals surface area contributed by atoms with E-state index in [1.54, 1.807) is 0 Å². The fraction of sp³-hybridized carbons (Fsp3) is 0.923. The highest BCUT2D eigenvalue weighted by Gasteiger charge is 2.39. The Kier molecular flexibility index (Phi) is 3.23. The van der Waals surface area contributed by atoms with Gasteiger partial charge in [-0.3, -0.25) is 0 Å². The summed E-state index contributed by atoms with van der Waals surface area (Å²) >= 11 is 0. The van der Waals surface area contributed by atoms with Gasteiger partial charge in [-0.25, -0.2) is 0 Å². The lowest BCUT2D eigenvalue weighted by molar-refractivity contribution is 0.203. The number of hydrogen-bond acceptors (Lipinski definition) is 3. The Morgan fingerprint density at radius 3 is 2.69 bits per heavy atom. The van der Waals surface area contributed by atoms with Crippen LogP contribution in [0.1, 0.15) is 32.6 Å². The molecule has 90 valence electrons. The summed E-state index contributed by atoms with van der Waals surface area (Å²) in [5.41, 5.74) is 5.16. The molecule has 2 aliphatic carbocycles. The summed E-state index contributed by atoms with van der Waals surface area (Å²) < 4.78 is 0. The largest absolute Gasteiger partial charge is 0.313 e.